The molecule has 2 fully saturated rings. The van der Waals surface area contributed by atoms with Gasteiger partial charge in [-0.25, -0.2) is 0 Å². The Balaban J connectivity index is 1.37. The lowest BCUT2D eigenvalue weighted by Crippen LogP contribution is -2.52. The number of carbonyl (C=O) groups is 1. The molecule has 25 heavy (non-hydrogen) atoms. The number of benzene rings is 1. The number of fused-ring (bicyclic) bond motifs is 1. The third-order valence-corrected chi connectivity index (χ3v) is 5.02. The predicted octanol–water partition coefficient (Wildman–Crippen LogP) is 1.76. The molecule has 0 spiro atoms. The van der Waals surface area contributed by atoms with Gasteiger partial charge >= 0.3 is 0 Å². The van der Waals surface area contributed by atoms with Crippen molar-refractivity contribution in [3.63, 3.8) is 0 Å². The molecular weight excluding hydrogens is 316 g/mol. The van der Waals surface area contributed by atoms with Crippen LogP contribution < -0.4 is 4.74 Å². The van der Waals surface area contributed by atoms with E-state index in [1.807, 2.05) is 17.0 Å². The molecule has 0 saturated carbocycles. The Morgan fingerprint density at radius 1 is 1.12 bits per heavy atom. The number of ether oxygens (including phenoxy) is 1. The van der Waals surface area contributed by atoms with Gasteiger partial charge < -0.3 is 9.64 Å². The van der Waals surface area contributed by atoms with E-state index < -0.39 is 0 Å². The van der Waals surface area contributed by atoms with Gasteiger partial charge in [0.05, 0.1) is 18.0 Å². The van der Waals surface area contributed by atoms with Crippen LogP contribution in [0.4, 0.5) is 0 Å². The van der Waals surface area contributed by atoms with Gasteiger partial charge in [0, 0.05) is 38.6 Å². The second-order valence-electron chi connectivity index (χ2n) is 6.82. The minimum Gasteiger partial charge on any atom is -0.489 e. The normalized spacial score (nSPS) is 23.3. The molecule has 6 nitrogen and oxygen atoms in total. The molecular formula is C19H22N4O2. The lowest BCUT2D eigenvalue weighted by molar-refractivity contribution is 0.0569. The molecule has 2 aliphatic heterocycles. The van der Waals surface area contributed by atoms with Crippen molar-refractivity contribution in [3.05, 3.63) is 53.9 Å². The van der Waals surface area contributed by atoms with Gasteiger partial charge in [-0.1, -0.05) is 17.7 Å². The number of aryl methyl sites for hydroxylation is 1. The van der Waals surface area contributed by atoms with Crippen molar-refractivity contribution < 1.29 is 9.53 Å². The summed E-state index contributed by atoms with van der Waals surface area (Å²) < 4.78 is 6.14. The van der Waals surface area contributed by atoms with Gasteiger partial charge in [0.15, 0.2) is 0 Å². The molecule has 0 bridgehead atoms. The van der Waals surface area contributed by atoms with Crippen LogP contribution in [0.1, 0.15) is 22.3 Å². The molecule has 2 saturated heterocycles. The SMILES string of the molecule is Cc1ccc(O[C@@H]2C[C@H]3CN(C(=O)c4ccnnc4)CCN3C2)cc1. The first-order valence-electron chi connectivity index (χ1n) is 8.72. The molecule has 2 aliphatic rings. The minimum atomic E-state index is 0.0393. The summed E-state index contributed by atoms with van der Waals surface area (Å²) in [5.74, 6) is 0.962. The Labute approximate surface area is 147 Å². The van der Waals surface area contributed by atoms with Crippen LogP contribution in [-0.4, -0.2) is 64.2 Å². The van der Waals surface area contributed by atoms with Crippen LogP contribution in [0.25, 0.3) is 0 Å². The van der Waals surface area contributed by atoms with E-state index in [0.717, 1.165) is 38.3 Å². The van der Waals surface area contributed by atoms with Crippen molar-refractivity contribution in [1.29, 1.82) is 0 Å². The average molecular weight is 338 g/mol. The lowest BCUT2D eigenvalue weighted by atomic mass is 10.1. The second kappa shape index (κ2) is 6.80. The van der Waals surface area contributed by atoms with Crippen molar-refractivity contribution in [2.75, 3.05) is 26.2 Å². The molecule has 1 aromatic heterocycles. The number of nitrogens with zero attached hydrogens (tertiary/aromatic N) is 4. The Morgan fingerprint density at radius 3 is 2.72 bits per heavy atom. The Morgan fingerprint density at radius 2 is 1.96 bits per heavy atom. The average Bonchev–Trinajstić information content (AvgIpc) is 3.05. The third-order valence-electron chi connectivity index (χ3n) is 5.02. The Hall–Kier alpha value is -2.47. The van der Waals surface area contributed by atoms with E-state index in [1.165, 1.54) is 11.8 Å². The zero-order valence-electron chi connectivity index (χ0n) is 14.3. The summed E-state index contributed by atoms with van der Waals surface area (Å²) in [7, 11) is 0. The van der Waals surface area contributed by atoms with Crippen LogP contribution in [0.5, 0.6) is 5.75 Å². The fraction of sp³-hybridized carbons (Fsp3) is 0.421. The van der Waals surface area contributed by atoms with Crippen LogP contribution >= 0.6 is 0 Å². The molecule has 6 heteroatoms. The third kappa shape index (κ3) is 3.49. The van der Waals surface area contributed by atoms with Crippen molar-refractivity contribution in [2.24, 2.45) is 0 Å². The molecule has 3 heterocycles. The lowest BCUT2D eigenvalue weighted by Gasteiger charge is -2.37. The molecule has 4 rings (SSSR count). The maximum Gasteiger partial charge on any atom is 0.255 e. The van der Waals surface area contributed by atoms with Crippen LogP contribution in [0.15, 0.2) is 42.7 Å². The number of hydrogen-bond acceptors (Lipinski definition) is 5. The summed E-state index contributed by atoms with van der Waals surface area (Å²) in [6.07, 6.45) is 4.23. The van der Waals surface area contributed by atoms with Gasteiger partial charge in [0.1, 0.15) is 11.9 Å². The molecule has 2 atom stereocenters. The summed E-state index contributed by atoms with van der Waals surface area (Å²) in [6.45, 7) is 5.38. The quantitative estimate of drug-likeness (QED) is 0.854. The van der Waals surface area contributed by atoms with Gasteiger partial charge in [-0.15, -0.1) is 0 Å². The smallest absolute Gasteiger partial charge is 0.255 e. The largest absolute Gasteiger partial charge is 0.489 e. The first-order valence-corrected chi connectivity index (χ1v) is 8.72. The van der Waals surface area contributed by atoms with Crippen LogP contribution in [0.2, 0.25) is 0 Å². The molecule has 1 aromatic carbocycles. The fourth-order valence-electron chi connectivity index (χ4n) is 3.68. The van der Waals surface area contributed by atoms with Crippen molar-refractivity contribution in [3.8, 4) is 5.75 Å². The van der Waals surface area contributed by atoms with Crippen LogP contribution in [0, 0.1) is 6.92 Å². The first-order chi connectivity index (χ1) is 12.2. The molecule has 0 aliphatic carbocycles. The Bertz CT molecular complexity index is 735. The van der Waals surface area contributed by atoms with Gasteiger partial charge in [-0.2, -0.15) is 10.2 Å². The van der Waals surface area contributed by atoms with Gasteiger partial charge in [0.2, 0.25) is 0 Å². The summed E-state index contributed by atoms with van der Waals surface area (Å²) in [6, 6.07) is 10.3. The fourth-order valence-corrected chi connectivity index (χ4v) is 3.68. The van der Waals surface area contributed by atoms with E-state index >= 15 is 0 Å². The summed E-state index contributed by atoms with van der Waals surface area (Å²) >= 11 is 0. The Kier molecular flexibility index (Phi) is 4.36. The van der Waals surface area contributed by atoms with Gasteiger partial charge in [-0.3, -0.25) is 9.69 Å². The van der Waals surface area contributed by atoms with Crippen LogP contribution in [0.3, 0.4) is 0 Å². The first kappa shape index (κ1) is 16.0. The van der Waals surface area contributed by atoms with Gasteiger partial charge in [0.25, 0.3) is 5.91 Å². The van der Waals surface area contributed by atoms with E-state index in [1.54, 1.807) is 12.3 Å². The van der Waals surface area contributed by atoms with Gasteiger partial charge in [-0.05, 0) is 25.1 Å². The molecule has 0 N–H and O–H groups in total. The number of carbonyl (C=O) groups excluding carboxylic acids is 1. The van der Waals surface area contributed by atoms with E-state index in [0.29, 0.717) is 11.6 Å². The highest BCUT2D eigenvalue weighted by molar-refractivity contribution is 5.93. The predicted molar refractivity (Wildman–Crippen MR) is 93.5 cm³/mol. The van der Waals surface area contributed by atoms with E-state index in [4.69, 9.17) is 4.74 Å². The van der Waals surface area contributed by atoms with Crippen LogP contribution in [-0.2, 0) is 0 Å². The molecule has 0 radical (unpaired) electrons. The standard InChI is InChI=1S/C19H22N4O2/c1-14-2-4-17(5-3-14)25-18-10-16-12-23(9-8-22(16)13-18)19(24)15-6-7-20-21-11-15/h2-7,11,16,18H,8-10,12-13H2,1H3/t16-,18+/m0/s1. The maximum atomic E-state index is 12.6. The van der Waals surface area contributed by atoms with E-state index in [-0.39, 0.29) is 12.0 Å². The zero-order valence-corrected chi connectivity index (χ0v) is 14.3. The number of rotatable bonds is 3. The maximum absolute atomic E-state index is 12.6. The zero-order chi connectivity index (χ0) is 17.2. The minimum absolute atomic E-state index is 0.0393. The number of aromatic nitrogens is 2. The molecule has 2 aromatic rings. The number of piperazine rings is 1. The monoisotopic (exact) mass is 338 g/mol. The van der Waals surface area contributed by atoms with E-state index in [9.17, 15) is 4.79 Å². The van der Waals surface area contributed by atoms with Crippen molar-refractivity contribution in [2.45, 2.75) is 25.5 Å². The van der Waals surface area contributed by atoms with Crippen molar-refractivity contribution >= 4 is 5.91 Å². The summed E-state index contributed by atoms with van der Waals surface area (Å²) in [4.78, 5) is 17.0. The molecule has 0 unspecified atom stereocenters. The second-order valence-corrected chi connectivity index (χ2v) is 6.82. The highest BCUT2D eigenvalue weighted by Crippen LogP contribution is 2.26. The number of amides is 1. The highest BCUT2D eigenvalue weighted by atomic mass is 16.5. The van der Waals surface area contributed by atoms with Crippen molar-refractivity contribution in [1.82, 2.24) is 20.0 Å². The summed E-state index contributed by atoms with van der Waals surface area (Å²) in [5, 5.41) is 7.54. The topological polar surface area (TPSA) is 58.6 Å². The molecule has 1 amide bonds. The molecule has 130 valence electrons. The summed E-state index contributed by atoms with van der Waals surface area (Å²) in [5.41, 5.74) is 1.84. The number of hydrogen-bond donors (Lipinski definition) is 0. The highest BCUT2D eigenvalue weighted by Gasteiger charge is 2.38. The van der Waals surface area contributed by atoms with E-state index in [2.05, 4.69) is 34.2 Å².